The van der Waals surface area contributed by atoms with Crippen LogP contribution in [0.2, 0.25) is 0 Å². The third-order valence-electron chi connectivity index (χ3n) is 1.98. The number of hydrogen-bond donors (Lipinski definition) is 1. The Bertz CT molecular complexity index is 487. The number of halogens is 2. The minimum Gasteiger partial charge on any atom is -0.338 e. The van der Waals surface area contributed by atoms with E-state index in [1.54, 1.807) is 24.3 Å². The molecule has 0 fully saturated rings. The van der Waals surface area contributed by atoms with Crippen molar-refractivity contribution in [1.29, 1.82) is 0 Å². The van der Waals surface area contributed by atoms with E-state index in [9.17, 15) is 8.78 Å². The van der Waals surface area contributed by atoms with Gasteiger partial charge in [0.2, 0.25) is 11.7 Å². The fourth-order valence-corrected chi connectivity index (χ4v) is 1.74. The van der Waals surface area contributed by atoms with Crippen LogP contribution >= 0.6 is 11.8 Å². The highest BCUT2D eigenvalue weighted by atomic mass is 32.2. The van der Waals surface area contributed by atoms with Gasteiger partial charge in [-0.1, -0.05) is 16.9 Å². The lowest BCUT2D eigenvalue weighted by molar-refractivity contribution is 0.252. The molecule has 1 aromatic heterocycles. The van der Waals surface area contributed by atoms with Gasteiger partial charge in [0.1, 0.15) is 0 Å². The highest BCUT2D eigenvalue weighted by Crippen LogP contribution is 2.27. The van der Waals surface area contributed by atoms with Crippen LogP contribution in [0.5, 0.6) is 0 Å². The Morgan fingerprint density at radius 3 is 2.53 bits per heavy atom. The average Bonchev–Trinajstić information content (AvgIpc) is 2.78. The smallest absolute Gasteiger partial charge is 0.288 e. The van der Waals surface area contributed by atoms with Gasteiger partial charge >= 0.3 is 0 Å². The first-order valence-electron chi connectivity index (χ1n) is 4.77. The van der Waals surface area contributed by atoms with Crippen molar-refractivity contribution in [3.05, 3.63) is 30.2 Å². The van der Waals surface area contributed by atoms with Gasteiger partial charge in [-0.2, -0.15) is 13.8 Å². The molecule has 4 nitrogen and oxygen atoms in total. The van der Waals surface area contributed by atoms with Crippen molar-refractivity contribution in [1.82, 2.24) is 10.1 Å². The standard InChI is InChI=1S/C10H9F2N3OS/c11-10(12)17-7-3-1-6(2-4-7)9-14-8(5-13)16-15-9/h1-4,10H,5,13H2. The first-order valence-corrected chi connectivity index (χ1v) is 5.65. The predicted octanol–water partition coefficient (Wildman–Crippen LogP) is 2.51. The minimum absolute atomic E-state index is 0.173. The molecule has 0 saturated heterocycles. The summed E-state index contributed by atoms with van der Waals surface area (Å²) in [5.41, 5.74) is 6.04. The van der Waals surface area contributed by atoms with Crippen LogP contribution in [0.1, 0.15) is 5.89 Å². The topological polar surface area (TPSA) is 64.9 Å². The minimum atomic E-state index is -2.42. The average molecular weight is 257 g/mol. The van der Waals surface area contributed by atoms with Crippen molar-refractivity contribution >= 4 is 11.8 Å². The van der Waals surface area contributed by atoms with Crippen molar-refractivity contribution < 1.29 is 13.3 Å². The van der Waals surface area contributed by atoms with Gasteiger partial charge in [-0.15, -0.1) is 0 Å². The lowest BCUT2D eigenvalue weighted by Gasteiger charge is -2.00. The normalized spacial score (nSPS) is 11.1. The maximum absolute atomic E-state index is 12.1. The number of nitrogens with two attached hydrogens (primary N) is 1. The fourth-order valence-electron chi connectivity index (χ4n) is 1.24. The van der Waals surface area contributed by atoms with E-state index in [1.165, 1.54) is 0 Å². The molecule has 0 amide bonds. The van der Waals surface area contributed by atoms with Gasteiger partial charge < -0.3 is 10.3 Å². The first kappa shape index (κ1) is 12.0. The summed E-state index contributed by atoms with van der Waals surface area (Å²) in [4.78, 5) is 4.52. The molecule has 0 atom stereocenters. The maximum atomic E-state index is 12.1. The van der Waals surface area contributed by atoms with Gasteiger partial charge in [0.15, 0.2) is 0 Å². The van der Waals surface area contributed by atoms with E-state index in [0.717, 1.165) is 0 Å². The Hall–Kier alpha value is -1.47. The lowest BCUT2D eigenvalue weighted by Crippen LogP contribution is -1.95. The van der Waals surface area contributed by atoms with Crippen LogP contribution in [0.25, 0.3) is 11.4 Å². The Morgan fingerprint density at radius 2 is 2.00 bits per heavy atom. The zero-order valence-corrected chi connectivity index (χ0v) is 9.45. The highest BCUT2D eigenvalue weighted by molar-refractivity contribution is 7.99. The third-order valence-corrected chi connectivity index (χ3v) is 2.70. The van der Waals surface area contributed by atoms with Crippen LogP contribution in [0.3, 0.4) is 0 Å². The summed E-state index contributed by atoms with van der Waals surface area (Å²) in [7, 11) is 0. The van der Waals surface area contributed by atoms with Gasteiger partial charge in [-0.25, -0.2) is 0 Å². The number of nitrogens with zero attached hydrogens (tertiary/aromatic N) is 2. The Kier molecular flexibility index (Phi) is 3.70. The number of thioether (sulfide) groups is 1. The monoisotopic (exact) mass is 257 g/mol. The largest absolute Gasteiger partial charge is 0.338 e. The molecule has 0 radical (unpaired) electrons. The summed E-state index contributed by atoms with van der Waals surface area (Å²) in [5, 5.41) is 3.73. The van der Waals surface area contributed by atoms with E-state index in [4.69, 9.17) is 10.3 Å². The molecule has 0 aliphatic heterocycles. The van der Waals surface area contributed by atoms with Crippen molar-refractivity contribution in [3.8, 4) is 11.4 Å². The van der Waals surface area contributed by atoms with Gasteiger partial charge in [0.25, 0.3) is 5.76 Å². The van der Waals surface area contributed by atoms with Gasteiger partial charge in [-0.3, -0.25) is 0 Å². The SMILES string of the molecule is NCc1nc(-c2ccc(SC(F)F)cc2)no1. The predicted molar refractivity (Wildman–Crippen MR) is 59.5 cm³/mol. The second kappa shape index (κ2) is 5.24. The summed E-state index contributed by atoms with van der Waals surface area (Å²) in [6.45, 7) is 0.173. The van der Waals surface area contributed by atoms with Crippen LogP contribution in [-0.4, -0.2) is 15.9 Å². The van der Waals surface area contributed by atoms with Crippen LogP contribution in [-0.2, 0) is 6.54 Å². The molecule has 1 aromatic carbocycles. The van der Waals surface area contributed by atoms with E-state index in [2.05, 4.69) is 10.1 Å². The molecule has 7 heteroatoms. The van der Waals surface area contributed by atoms with E-state index in [0.29, 0.717) is 33.9 Å². The van der Waals surface area contributed by atoms with Crippen LogP contribution in [0.4, 0.5) is 8.78 Å². The van der Waals surface area contributed by atoms with Crippen molar-refractivity contribution in [2.24, 2.45) is 5.73 Å². The van der Waals surface area contributed by atoms with Gasteiger partial charge in [-0.05, 0) is 24.3 Å². The van der Waals surface area contributed by atoms with Crippen molar-refractivity contribution in [3.63, 3.8) is 0 Å². The molecule has 0 bridgehead atoms. The zero-order valence-electron chi connectivity index (χ0n) is 8.64. The molecule has 2 N–H and O–H groups in total. The molecule has 2 aromatic rings. The molecule has 0 aliphatic carbocycles. The number of alkyl halides is 2. The Balaban J connectivity index is 2.17. The van der Waals surface area contributed by atoms with Crippen LogP contribution in [0, 0.1) is 0 Å². The number of rotatable bonds is 4. The summed E-state index contributed by atoms with van der Waals surface area (Å²) in [6.07, 6.45) is 0. The van der Waals surface area contributed by atoms with E-state index >= 15 is 0 Å². The second-order valence-corrected chi connectivity index (χ2v) is 4.18. The zero-order chi connectivity index (χ0) is 12.3. The molecule has 0 aliphatic rings. The lowest BCUT2D eigenvalue weighted by atomic mass is 10.2. The molecule has 17 heavy (non-hydrogen) atoms. The van der Waals surface area contributed by atoms with E-state index in [1.807, 2.05) is 0 Å². The summed E-state index contributed by atoms with van der Waals surface area (Å²) >= 11 is 0.494. The summed E-state index contributed by atoms with van der Waals surface area (Å²) in [6, 6.07) is 6.50. The first-order chi connectivity index (χ1) is 8.19. The van der Waals surface area contributed by atoms with Crippen molar-refractivity contribution in [2.45, 2.75) is 17.2 Å². The molecule has 90 valence electrons. The number of benzene rings is 1. The third kappa shape index (κ3) is 3.01. The van der Waals surface area contributed by atoms with Crippen molar-refractivity contribution in [2.75, 3.05) is 0 Å². The molecule has 0 spiro atoms. The van der Waals surface area contributed by atoms with E-state index in [-0.39, 0.29) is 6.54 Å². The Morgan fingerprint density at radius 1 is 1.29 bits per heavy atom. The maximum Gasteiger partial charge on any atom is 0.288 e. The highest BCUT2D eigenvalue weighted by Gasteiger charge is 2.09. The molecular formula is C10H9F2N3OS. The summed E-state index contributed by atoms with van der Waals surface area (Å²) < 4.78 is 29.1. The van der Waals surface area contributed by atoms with Crippen LogP contribution in [0.15, 0.2) is 33.7 Å². The molecule has 0 unspecified atom stereocenters. The van der Waals surface area contributed by atoms with E-state index < -0.39 is 5.76 Å². The quantitative estimate of drug-likeness (QED) is 0.852. The molecule has 0 saturated carbocycles. The van der Waals surface area contributed by atoms with Crippen LogP contribution < -0.4 is 5.73 Å². The molecular weight excluding hydrogens is 248 g/mol. The number of hydrogen-bond acceptors (Lipinski definition) is 5. The molecule has 1 heterocycles. The summed E-state index contributed by atoms with van der Waals surface area (Å²) in [5.74, 6) is -1.68. The van der Waals surface area contributed by atoms with Gasteiger partial charge in [0.05, 0.1) is 6.54 Å². The van der Waals surface area contributed by atoms with Gasteiger partial charge in [0, 0.05) is 10.5 Å². The fraction of sp³-hybridized carbons (Fsp3) is 0.200. The molecule has 2 rings (SSSR count). The Labute approximate surface area is 100 Å². The second-order valence-electron chi connectivity index (χ2n) is 3.12. The number of aromatic nitrogens is 2.